The van der Waals surface area contributed by atoms with Crippen molar-refractivity contribution < 1.29 is 0 Å². The van der Waals surface area contributed by atoms with Crippen molar-refractivity contribution in [1.82, 2.24) is 0 Å². The van der Waals surface area contributed by atoms with E-state index in [9.17, 15) is 0 Å². The van der Waals surface area contributed by atoms with Gasteiger partial charge in [-0.2, -0.15) is 0 Å². The van der Waals surface area contributed by atoms with Crippen molar-refractivity contribution in [3.05, 3.63) is 58.1 Å². The van der Waals surface area contributed by atoms with Crippen molar-refractivity contribution in [2.75, 3.05) is 11.9 Å². The second-order valence-electron chi connectivity index (χ2n) is 6.92. The van der Waals surface area contributed by atoms with E-state index in [1.54, 1.807) is 0 Å². The Labute approximate surface area is 137 Å². The van der Waals surface area contributed by atoms with E-state index in [1.165, 1.54) is 48.1 Å². The molecule has 2 aliphatic rings. The first-order valence-corrected chi connectivity index (χ1v) is 8.64. The van der Waals surface area contributed by atoms with Crippen LogP contribution >= 0.6 is 11.6 Å². The summed E-state index contributed by atoms with van der Waals surface area (Å²) in [5, 5.41) is 0.826. The third kappa shape index (κ3) is 2.75. The Morgan fingerprint density at radius 1 is 0.909 bits per heavy atom. The van der Waals surface area contributed by atoms with E-state index in [0.29, 0.717) is 0 Å². The van der Waals surface area contributed by atoms with E-state index in [2.05, 4.69) is 49.2 Å². The van der Waals surface area contributed by atoms with Crippen LogP contribution in [0.25, 0.3) is 0 Å². The summed E-state index contributed by atoms with van der Waals surface area (Å²) in [6, 6.07) is 13.5. The van der Waals surface area contributed by atoms with Crippen LogP contribution in [-0.4, -0.2) is 7.05 Å². The highest BCUT2D eigenvalue weighted by Gasteiger charge is 2.29. The summed E-state index contributed by atoms with van der Waals surface area (Å²) in [6.45, 7) is 2.08. The molecule has 1 nitrogen and oxygen atoms in total. The van der Waals surface area contributed by atoms with Crippen LogP contribution in [0.15, 0.2) is 36.4 Å². The summed E-state index contributed by atoms with van der Waals surface area (Å²) in [4.78, 5) is 2.24. The minimum atomic E-state index is 0.791. The van der Waals surface area contributed by atoms with Crippen molar-refractivity contribution in [1.29, 1.82) is 0 Å². The van der Waals surface area contributed by atoms with Crippen LogP contribution in [0.3, 0.4) is 0 Å². The minimum Gasteiger partial charge on any atom is -0.343 e. The summed E-state index contributed by atoms with van der Waals surface area (Å²) >= 11 is 6.46. The van der Waals surface area contributed by atoms with Gasteiger partial charge >= 0.3 is 0 Å². The van der Waals surface area contributed by atoms with Gasteiger partial charge in [-0.25, -0.2) is 0 Å². The number of rotatable bonds is 4. The zero-order valence-corrected chi connectivity index (χ0v) is 14.0. The molecule has 2 aliphatic carbocycles. The first kappa shape index (κ1) is 14.1. The normalized spacial score (nSPS) is 17.6. The minimum absolute atomic E-state index is 0.791. The standard InChI is InChI=1S/C20H22ClN/c1-13-3-8-20(19(21)9-13)22(2)18-11-16(14-4-5-14)10-17(12-18)15-6-7-15/h3,8-12,14-15H,4-7H2,1-2H3. The highest BCUT2D eigenvalue weighted by Crippen LogP contribution is 2.47. The van der Waals surface area contributed by atoms with Crippen LogP contribution in [0, 0.1) is 6.92 Å². The Balaban J connectivity index is 1.73. The number of hydrogen-bond acceptors (Lipinski definition) is 1. The van der Waals surface area contributed by atoms with Crippen molar-refractivity contribution in [2.24, 2.45) is 0 Å². The van der Waals surface area contributed by atoms with Crippen LogP contribution in [0.5, 0.6) is 0 Å². The first-order chi connectivity index (χ1) is 10.6. The fourth-order valence-corrected chi connectivity index (χ4v) is 3.54. The van der Waals surface area contributed by atoms with Crippen molar-refractivity contribution in [2.45, 2.75) is 44.4 Å². The fraction of sp³-hybridized carbons (Fsp3) is 0.400. The average molecular weight is 312 g/mol. The van der Waals surface area contributed by atoms with Crippen LogP contribution in [0.2, 0.25) is 5.02 Å². The van der Waals surface area contributed by atoms with E-state index >= 15 is 0 Å². The lowest BCUT2D eigenvalue weighted by molar-refractivity contribution is 1.06. The molecule has 0 unspecified atom stereocenters. The predicted molar refractivity (Wildman–Crippen MR) is 94.6 cm³/mol. The average Bonchev–Trinajstić information content (AvgIpc) is 3.39. The molecule has 2 fully saturated rings. The maximum Gasteiger partial charge on any atom is 0.0645 e. The van der Waals surface area contributed by atoms with Gasteiger partial charge in [-0.3, -0.25) is 0 Å². The van der Waals surface area contributed by atoms with Gasteiger partial charge in [0.25, 0.3) is 0 Å². The summed E-state index contributed by atoms with van der Waals surface area (Å²) in [6.07, 6.45) is 5.40. The number of aryl methyl sites for hydroxylation is 1. The lowest BCUT2D eigenvalue weighted by Crippen LogP contribution is -2.11. The van der Waals surface area contributed by atoms with Gasteiger partial charge < -0.3 is 4.90 Å². The second kappa shape index (κ2) is 5.31. The van der Waals surface area contributed by atoms with Gasteiger partial charge in [0, 0.05) is 12.7 Å². The third-order valence-corrected chi connectivity index (χ3v) is 5.21. The molecule has 2 aromatic rings. The molecule has 0 N–H and O–H groups in total. The topological polar surface area (TPSA) is 3.24 Å². The molecule has 0 saturated heterocycles. The molecule has 0 heterocycles. The number of hydrogen-bond donors (Lipinski definition) is 0. The lowest BCUT2D eigenvalue weighted by atomic mass is 10.0. The Morgan fingerprint density at radius 3 is 2.00 bits per heavy atom. The first-order valence-electron chi connectivity index (χ1n) is 8.26. The molecule has 22 heavy (non-hydrogen) atoms. The molecule has 0 spiro atoms. The molecule has 2 saturated carbocycles. The molecule has 0 bridgehead atoms. The van der Waals surface area contributed by atoms with E-state index < -0.39 is 0 Å². The van der Waals surface area contributed by atoms with Gasteiger partial charge in [0.2, 0.25) is 0 Å². The van der Waals surface area contributed by atoms with E-state index in [0.717, 1.165) is 22.5 Å². The SMILES string of the molecule is Cc1ccc(N(C)c2cc(C3CC3)cc(C3CC3)c2)c(Cl)c1. The van der Waals surface area contributed by atoms with Crippen LogP contribution in [-0.2, 0) is 0 Å². The van der Waals surface area contributed by atoms with E-state index in [1.807, 2.05) is 6.07 Å². The molecule has 2 aromatic carbocycles. The van der Waals surface area contributed by atoms with Gasteiger partial charge in [-0.1, -0.05) is 23.7 Å². The van der Waals surface area contributed by atoms with Crippen molar-refractivity contribution in [3.63, 3.8) is 0 Å². The number of benzene rings is 2. The molecule has 0 radical (unpaired) electrons. The zero-order valence-electron chi connectivity index (χ0n) is 13.3. The second-order valence-corrected chi connectivity index (χ2v) is 7.33. The quantitative estimate of drug-likeness (QED) is 0.652. The van der Waals surface area contributed by atoms with Crippen LogP contribution in [0.4, 0.5) is 11.4 Å². The van der Waals surface area contributed by atoms with Gasteiger partial charge in [0.1, 0.15) is 0 Å². The van der Waals surface area contributed by atoms with Gasteiger partial charge in [-0.05, 0) is 85.4 Å². The molecular weight excluding hydrogens is 290 g/mol. The fourth-order valence-electron chi connectivity index (χ4n) is 3.18. The Morgan fingerprint density at radius 2 is 1.50 bits per heavy atom. The molecule has 2 heteroatoms. The molecule has 0 amide bonds. The smallest absolute Gasteiger partial charge is 0.0645 e. The van der Waals surface area contributed by atoms with Gasteiger partial charge in [0.15, 0.2) is 0 Å². The van der Waals surface area contributed by atoms with Crippen LogP contribution in [0.1, 0.15) is 54.2 Å². The molecule has 4 rings (SSSR count). The maximum atomic E-state index is 6.46. The predicted octanol–water partition coefficient (Wildman–Crippen LogP) is 6.17. The van der Waals surface area contributed by atoms with Gasteiger partial charge in [0.05, 0.1) is 10.7 Å². The van der Waals surface area contributed by atoms with Crippen molar-refractivity contribution in [3.8, 4) is 0 Å². The van der Waals surface area contributed by atoms with Gasteiger partial charge in [-0.15, -0.1) is 0 Å². The summed E-state index contributed by atoms with van der Waals surface area (Å²) < 4.78 is 0. The molecule has 0 aromatic heterocycles. The number of anilines is 2. The summed E-state index contributed by atoms with van der Waals surface area (Å²) in [5.41, 5.74) is 6.61. The number of halogens is 1. The molecule has 0 aliphatic heterocycles. The highest BCUT2D eigenvalue weighted by atomic mass is 35.5. The monoisotopic (exact) mass is 311 g/mol. The third-order valence-electron chi connectivity index (χ3n) is 4.91. The van der Waals surface area contributed by atoms with E-state index in [4.69, 9.17) is 11.6 Å². The van der Waals surface area contributed by atoms with Crippen LogP contribution < -0.4 is 4.90 Å². The highest BCUT2D eigenvalue weighted by molar-refractivity contribution is 6.33. The Hall–Kier alpha value is -1.47. The summed E-state index contributed by atoms with van der Waals surface area (Å²) in [7, 11) is 2.12. The molecule has 114 valence electrons. The Bertz CT molecular complexity index is 683. The van der Waals surface area contributed by atoms with Crippen molar-refractivity contribution >= 4 is 23.0 Å². The molecular formula is C20H22ClN. The number of nitrogens with zero attached hydrogens (tertiary/aromatic N) is 1. The largest absolute Gasteiger partial charge is 0.343 e. The molecule has 0 atom stereocenters. The lowest BCUT2D eigenvalue weighted by Gasteiger charge is -2.23. The maximum absolute atomic E-state index is 6.46. The Kier molecular flexibility index (Phi) is 3.41. The zero-order chi connectivity index (χ0) is 15.3. The summed E-state index contributed by atoms with van der Waals surface area (Å²) in [5.74, 6) is 1.58. The van der Waals surface area contributed by atoms with E-state index in [-0.39, 0.29) is 0 Å².